The van der Waals surface area contributed by atoms with E-state index in [1.165, 1.54) is 25.7 Å². The molecule has 0 aliphatic carbocycles. The van der Waals surface area contributed by atoms with Crippen LogP contribution in [0.4, 0.5) is 0 Å². The molecule has 2 fully saturated rings. The zero-order chi connectivity index (χ0) is 14.5. The van der Waals surface area contributed by atoms with Gasteiger partial charge in [-0.1, -0.05) is 20.8 Å². The predicted molar refractivity (Wildman–Crippen MR) is 90.8 cm³/mol. The van der Waals surface area contributed by atoms with Gasteiger partial charge in [-0.05, 0) is 62.4 Å². The van der Waals surface area contributed by atoms with Crippen molar-refractivity contribution in [3.05, 3.63) is 0 Å². The van der Waals surface area contributed by atoms with Crippen LogP contribution in [0.3, 0.4) is 0 Å². The number of amides is 1. The van der Waals surface area contributed by atoms with Crippen molar-refractivity contribution in [2.45, 2.75) is 52.9 Å². The van der Waals surface area contributed by atoms with E-state index in [1.54, 1.807) is 0 Å². The van der Waals surface area contributed by atoms with E-state index in [0.29, 0.717) is 11.8 Å². The lowest BCUT2D eigenvalue weighted by Gasteiger charge is -2.35. The summed E-state index contributed by atoms with van der Waals surface area (Å²) < 4.78 is 0. The maximum absolute atomic E-state index is 12.4. The van der Waals surface area contributed by atoms with E-state index < -0.39 is 0 Å². The number of nitrogens with one attached hydrogen (secondary N) is 1. The lowest BCUT2D eigenvalue weighted by atomic mass is 9.83. The van der Waals surface area contributed by atoms with Crippen LogP contribution in [0.2, 0.25) is 0 Å². The Morgan fingerprint density at radius 3 is 2.14 bits per heavy atom. The number of nitrogens with zero attached hydrogens (tertiary/aromatic N) is 1. The number of carbonyl (C=O) groups excluding carboxylic acids is 1. The molecule has 1 amide bonds. The fourth-order valence-corrected chi connectivity index (χ4v) is 3.80. The van der Waals surface area contributed by atoms with Gasteiger partial charge >= 0.3 is 0 Å². The average Bonchev–Trinajstić information content (AvgIpc) is 2.48. The summed E-state index contributed by atoms with van der Waals surface area (Å²) in [6, 6.07) is 0. The predicted octanol–water partition coefficient (Wildman–Crippen LogP) is 3.33. The lowest BCUT2D eigenvalue weighted by Crippen LogP contribution is -2.41. The molecule has 0 saturated carbocycles. The molecule has 0 aromatic carbocycles. The molecule has 2 rings (SSSR count). The Labute approximate surface area is 136 Å². The summed E-state index contributed by atoms with van der Waals surface area (Å²) in [7, 11) is 0. The minimum Gasteiger partial charge on any atom is -0.343 e. The van der Waals surface area contributed by atoms with E-state index in [1.807, 2.05) is 0 Å². The summed E-state index contributed by atoms with van der Waals surface area (Å²) in [5.41, 5.74) is 0. The normalized spacial score (nSPS) is 23.0. The van der Waals surface area contributed by atoms with Gasteiger partial charge in [0.25, 0.3) is 0 Å². The fraction of sp³-hybridized carbons (Fsp3) is 0.941. The van der Waals surface area contributed by atoms with Crippen molar-refractivity contribution in [1.82, 2.24) is 10.2 Å². The number of piperidine rings is 2. The number of carbonyl (C=O) groups is 1. The number of rotatable bonds is 4. The second kappa shape index (κ2) is 8.99. The molecular weight excluding hydrogens is 284 g/mol. The van der Waals surface area contributed by atoms with Gasteiger partial charge in [-0.25, -0.2) is 0 Å². The first kappa shape index (κ1) is 18.8. The van der Waals surface area contributed by atoms with Crippen molar-refractivity contribution < 1.29 is 4.79 Å². The maximum Gasteiger partial charge on any atom is 0.222 e. The average molecular weight is 317 g/mol. The van der Waals surface area contributed by atoms with E-state index >= 15 is 0 Å². The highest BCUT2D eigenvalue weighted by Gasteiger charge is 2.27. The molecule has 21 heavy (non-hydrogen) atoms. The van der Waals surface area contributed by atoms with Crippen LogP contribution in [0.1, 0.15) is 52.9 Å². The van der Waals surface area contributed by atoms with Crippen LogP contribution in [0.15, 0.2) is 0 Å². The van der Waals surface area contributed by atoms with Crippen LogP contribution in [-0.2, 0) is 4.79 Å². The molecule has 3 nitrogen and oxygen atoms in total. The van der Waals surface area contributed by atoms with Crippen LogP contribution < -0.4 is 5.32 Å². The minimum atomic E-state index is 0. The summed E-state index contributed by atoms with van der Waals surface area (Å²) in [5, 5.41) is 3.41. The van der Waals surface area contributed by atoms with E-state index in [9.17, 15) is 4.79 Å². The SMILES string of the molecule is CC(C)C1CCN(C(=O)CC(C)C2CCNCC2)CC1.Cl. The number of likely N-dealkylation sites (tertiary alicyclic amines) is 1. The van der Waals surface area contributed by atoms with Crippen molar-refractivity contribution in [1.29, 1.82) is 0 Å². The van der Waals surface area contributed by atoms with Crippen LogP contribution >= 0.6 is 12.4 Å². The van der Waals surface area contributed by atoms with Crippen LogP contribution in [0.25, 0.3) is 0 Å². The van der Waals surface area contributed by atoms with E-state index in [0.717, 1.165) is 50.4 Å². The monoisotopic (exact) mass is 316 g/mol. The van der Waals surface area contributed by atoms with E-state index in [-0.39, 0.29) is 12.4 Å². The Bertz CT molecular complexity index is 308. The topological polar surface area (TPSA) is 32.3 Å². The summed E-state index contributed by atoms with van der Waals surface area (Å²) in [6.45, 7) is 11.1. The molecule has 4 heteroatoms. The van der Waals surface area contributed by atoms with E-state index in [4.69, 9.17) is 0 Å². The lowest BCUT2D eigenvalue weighted by molar-refractivity contribution is -0.134. The molecule has 2 heterocycles. The molecule has 1 N–H and O–H groups in total. The van der Waals surface area contributed by atoms with Crippen LogP contribution in [0.5, 0.6) is 0 Å². The van der Waals surface area contributed by atoms with Crippen molar-refractivity contribution in [2.24, 2.45) is 23.7 Å². The Balaban J connectivity index is 0.00000220. The fourth-order valence-electron chi connectivity index (χ4n) is 3.80. The Morgan fingerprint density at radius 2 is 1.62 bits per heavy atom. The van der Waals surface area contributed by atoms with Crippen molar-refractivity contribution in [2.75, 3.05) is 26.2 Å². The standard InChI is InChI=1S/C17H32N2O.ClH/c1-13(2)15-6-10-19(11-7-15)17(20)12-14(3)16-4-8-18-9-5-16;/h13-16,18H,4-12H2,1-3H3;1H. The van der Waals surface area contributed by atoms with Gasteiger partial charge in [-0.3, -0.25) is 4.79 Å². The third-order valence-corrected chi connectivity index (χ3v) is 5.52. The second-order valence-electron chi connectivity index (χ2n) is 7.23. The van der Waals surface area contributed by atoms with Gasteiger partial charge in [0.05, 0.1) is 0 Å². The van der Waals surface area contributed by atoms with Gasteiger partial charge < -0.3 is 10.2 Å². The molecule has 0 spiro atoms. The van der Waals surface area contributed by atoms with Gasteiger partial charge in [-0.15, -0.1) is 12.4 Å². The molecule has 124 valence electrons. The van der Waals surface area contributed by atoms with Gasteiger partial charge in [0.15, 0.2) is 0 Å². The first-order valence-electron chi connectivity index (χ1n) is 8.56. The largest absolute Gasteiger partial charge is 0.343 e. The highest BCUT2D eigenvalue weighted by atomic mass is 35.5. The first-order valence-corrected chi connectivity index (χ1v) is 8.56. The summed E-state index contributed by atoms with van der Waals surface area (Å²) >= 11 is 0. The summed E-state index contributed by atoms with van der Waals surface area (Å²) in [6.07, 6.45) is 5.64. The highest BCUT2D eigenvalue weighted by molar-refractivity contribution is 5.85. The third-order valence-electron chi connectivity index (χ3n) is 5.52. The Kier molecular flexibility index (Phi) is 8.04. The van der Waals surface area contributed by atoms with Crippen molar-refractivity contribution in [3.63, 3.8) is 0 Å². The zero-order valence-electron chi connectivity index (χ0n) is 13.9. The smallest absolute Gasteiger partial charge is 0.222 e. The molecule has 2 aliphatic rings. The van der Waals surface area contributed by atoms with Crippen LogP contribution in [0, 0.1) is 23.7 Å². The van der Waals surface area contributed by atoms with Crippen molar-refractivity contribution >= 4 is 18.3 Å². The maximum atomic E-state index is 12.4. The summed E-state index contributed by atoms with van der Waals surface area (Å²) in [4.78, 5) is 14.6. The number of hydrogen-bond acceptors (Lipinski definition) is 2. The Morgan fingerprint density at radius 1 is 1.05 bits per heavy atom. The molecule has 2 aliphatic heterocycles. The molecular formula is C17H33ClN2O. The van der Waals surface area contributed by atoms with Gasteiger partial charge in [0.1, 0.15) is 0 Å². The van der Waals surface area contributed by atoms with E-state index in [2.05, 4.69) is 31.0 Å². The van der Waals surface area contributed by atoms with Gasteiger partial charge in [0.2, 0.25) is 5.91 Å². The molecule has 1 atom stereocenters. The zero-order valence-corrected chi connectivity index (χ0v) is 14.8. The van der Waals surface area contributed by atoms with Crippen LogP contribution in [-0.4, -0.2) is 37.0 Å². The summed E-state index contributed by atoms with van der Waals surface area (Å²) in [5.74, 6) is 3.28. The van der Waals surface area contributed by atoms with Gasteiger partial charge in [-0.2, -0.15) is 0 Å². The quantitative estimate of drug-likeness (QED) is 0.863. The third kappa shape index (κ3) is 5.45. The molecule has 0 aromatic heterocycles. The highest BCUT2D eigenvalue weighted by Crippen LogP contribution is 2.28. The minimum absolute atomic E-state index is 0. The Hall–Kier alpha value is -0.280. The van der Waals surface area contributed by atoms with Crippen molar-refractivity contribution in [3.8, 4) is 0 Å². The molecule has 1 unspecified atom stereocenters. The van der Waals surface area contributed by atoms with Gasteiger partial charge in [0, 0.05) is 19.5 Å². The molecule has 2 saturated heterocycles. The number of halogens is 1. The molecule has 0 aromatic rings. The first-order chi connectivity index (χ1) is 9.58. The molecule has 0 bridgehead atoms. The number of hydrogen-bond donors (Lipinski definition) is 1. The second-order valence-corrected chi connectivity index (χ2v) is 7.23. The molecule has 0 radical (unpaired) electrons.